The van der Waals surface area contributed by atoms with Crippen LogP contribution < -0.4 is 10.3 Å². The maximum atomic E-state index is 13.5. The summed E-state index contributed by atoms with van der Waals surface area (Å²) in [7, 11) is 0. The number of halogens is 1. The quantitative estimate of drug-likeness (QED) is 0.108. The van der Waals surface area contributed by atoms with Gasteiger partial charge in [0.05, 0.1) is 9.93 Å². The van der Waals surface area contributed by atoms with Gasteiger partial charge in [0, 0.05) is 12.7 Å². The van der Waals surface area contributed by atoms with Gasteiger partial charge >= 0.3 is 0 Å². The average Bonchev–Trinajstić information content (AvgIpc) is 3.20. The fourth-order valence-electron chi connectivity index (χ4n) is 4.50. The van der Waals surface area contributed by atoms with Crippen molar-refractivity contribution in [1.29, 1.82) is 0 Å². The third-order valence-electron chi connectivity index (χ3n) is 6.66. The molecule has 39 heavy (non-hydrogen) atoms. The second-order valence-electron chi connectivity index (χ2n) is 9.61. The number of unbranched alkanes of at least 4 members (excludes halogenated alkanes) is 9. The van der Waals surface area contributed by atoms with Crippen LogP contribution in [-0.4, -0.2) is 31.1 Å². The molecule has 206 valence electrons. The van der Waals surface area contributed by atoms with Crippen LogP contribution in [0.4, 0.5) is 0 Å². The monoisotopic (exact) mass is 583 g/mol. The number of carbonyl (C=O) groups is 1. The number of rotatable bonds is 14. The predicted molar refractivity (Wildman–Crippen MR) is 165 cm³/mol. The summed E-state index contributed by atoms with van der Waals surface area (Å²) in [6, 6.07) is 12.2. The van der Waals surface area contributed by atoms with Crippen molar-refractivity contribution in [2.75, 3.05) is 6.54 Å². The Hall–Kier alpha value is -2.68. The van der Waals surface area contributed by atoms with Crippen molar-refractivity contribution >= 4 is 57.5 Å². The summed E-state index contributed by atoms with van der Waals surface area (Å²) in [6.07, 6.45) is 15.4. The second kappa shape index (κ2) is 14.6. The van der Waals surface area contributed by atoms with E-state index in [1.807, 2.05) is 0 Å². The average molecular weight is 584 g/mol. The molecule has 1 saturated heterocycles. The van der Waals surface area contributed by atoms with Crippen molar-refractivity contribution in [1.82, 2.24) is 14.3 Å². The molecule has 1 fully saturated rings. The molecule has 0 saturated carbocycles. The number of pyridine rings is 1. The number of benzene rings is 1. The van der Waals surface area contributed by atoms with E-state index in [0.29, 0.717) is 32.2 Å². The number of thioether (sulfide) groups is 1. The van der Waals surface area contributed by atoms with Crippen molar-refractivity contribution in [3.05, 3.63) is 74.5 Å². The Kier molecular flexibility index (Phi) is 11.0. The van der Waals surface area contributed by atoms with Crippen molar-refractivity contribution in [2.45, 2.75) is 71.1 Å². The van der Waals surface area contributed by atoms with E-state index in [1.165, 1.54) is 67.5 Å². The Morgan fingerprint density at radius 3 is 2.33 bits per heavy atom. The van der Waals surface area contributed by atoms with Gasteiger partial charge in [-0.25, -0.2) is 0 Å². The number of nitrogens with zero attached hydrogens (tertiary/aromatic N) is 3. The van der Waals surface area contributed by atoms with E-state index < -0.39 is 0 Å². The van der Waals surface area contributed by atoms with Crippen LogP contribution in [0.5, 0.6) is 11.6 Å². The molecule has 1 aromatic carbocycles. The van der Waals surface area contributed by atoms with Crippen LogP contribution in [0.3, 0.4) is 0 Å². The minimum atomic E-state index is -0.345. The van der Waals surface area contributed by atoms with Gasteiger partial charge in [-0.05, 0) is 36.8 Å². The summed E-state index contributed by atoms with van der Waals surface area (Å²) in [5.74, 6) is 0.260. The Bertz CT molecular complexity index is 1410. The first-order chi connectivity index (χ1) is 19.0. The normalized spacial score (nSPS) is 14.6. The molecule has 9 heteroatoms. The lowest BCUT2D eigenvalue weighted by atomic mass is 10.1. The molecule has 0 spiro atoms. The lowest BCUT2D eigenvalue weighted by molar-refractivity contribution is -0.122. The molecule has 1 amide bonds. The van der Waals surface area contributed by atoms with Gasteiger partial charge in [-0.2, -0.15) is 4.98 Å². The molecule has 0 unspecified atom stereocenters. The SMILES string of the molecule is CCCCCCCCCCCCN1C(=O)/C(=C\c2c(Oc3ccccc3Cl)nc3ccccn3c2=O)SC1=S. The molecular weight excluding hydrogens is 550 g/mol. The van der Waals surface area contributed by atoms with E-state index in [2.05, 4.69) is 11.9 Å². The lowest BCUT2D eigenvalue weighted by Gasteiger charge is -2.14. The summed E-state index contributed by atoms with van der Waals surface area (Å²) < 4.78 is 7.93. The van der Waals surface area contributed by atoms with Crippen LogP contribution in [0.25, 0.3) is 11.7 Å². The molecule has 0 radical (unpaired) electrons. The molecule has 3 aromatic rings. The summed E-state index contributed by atoms with van der Waals surface area (Å²) in [4.78, 5) is 33.3. The Balaban J connectivity index is 1.45. The minimum absolute atomic E-state index is 0.0827. The highest BCUT2D eigenvalue weighted by atomic mass is 35.5. The van der Waals surface area contributed by atoms with Gasteiger partial charge in [0.25, 0.3) is 11.5 Å². The van der Waals surface area contributed by atoms with E-state index in [1.54, 1.807) is 59.6 Å². The van der Waals surface area contributed by atoms with Crippen molar-refractivity contribution in [2.24, 2.45) is 0 Å². The Morgan fingerprint density at radius 2 is 1.62 bits per heavy atom. The summed E-state index contributed by atoms with van der Waals surface area (Å²) in [5, 5.41) is 0.390. The van der Waals surface area contributed by atoms with Gasteiger partial charge in [0.15, 0.2) is 0 Å². The van der Waals surface area contributed by atoms with Crippen LogP contribution in [0, 0.1) is 0 Å². The topological polar surface area (TPSA) is 63.9 Å². The number of para-hydroxylation sites is 1. The van der Waals surface area contributed by atoms with Gasteiger partial charge in [-0.3, -0.25) is 18.9 Å². The number of aromatic nitrogens is 2. The predicted octanol–water partition coefficient (Wildman–Crippen LogP) is 8.26. The van der Waals surface area contributed by atoms with Gasteiger partial charge in [0.1, 0.15) is 21.3 Å². The van der Waals surface area contributed by atoms with Gasteiger partial charge < -0.3 is 4.74 Å². The molecule has 0 bridgehead atoms. The molecule has 1 aliphatic heterocycles. The maximum Gasteiger partial charge on any atom is 0.269 e. The van der Waals surface area contributed by atoms with Crippen LogP contribution in [-0.2, 0) is 4.79 Å². The van der Waals surface area contributed by atoms with Crippen molar-refractivity contribution < 1.29 is 9.53 Å². The smallest absolute Gasteiger partial charge is 0.269 e. The fraction of sp³-hybridized carbons (Fsp3) is 0.400. The van der Waals surface area contributed by atoms with E-state index in [0.717, 1.165) is 12.8 Å². The van der Waals surface area contributed by atoms with E-state index >= 15 is 0 Å². The Labute approximate surface area is 244 Å². The Morgan fingerprint density at radius 1 is 0.949 bits per heavy atom. The highest BCUT2D eigenvalue weighted by Gasteiger charge is 2.32. The third kappa shape index (κ3) is 7.71. The second-order valence-corrected chi connectivity index (χ2v) is 11.7. The summed E-state index contributed by atoms with van der Waals surface area (Å²) >= 11 is 13.0. The number of hydrogen-bond acceptors (Lipinski definition) is 6. The van der Waals surface area contributed by atoms with Gasteiger partial charge in [-0.15, -0.1) is 0 Å². The summed E-state index contributed by atoms with van der Waals surface area (Å²) in [6.45, 7) is 2.82. The standard InChI is InChI=1S/C30H34ClN3O3S2/c1-2-3-4-5-6-7-8-9-10-14-20-34-29(36)25(39-30(34)38)21-22-27(37-24-17-12-11-16-23(24)31)32-26-18-13-15-19-33(26)28(22)35/h11-13,15-19,21H,2-10,14,20H2,1H3/b25-21+. The molecule has 0 atom stereocenters. The van der Waals surface area contributed by atoms with E-state index in [-0.39, 0.29) is 22.9 Å². The largest absolute Gasteiger partial charge is 0.437 e. The van der Waals surface area contributed by atoms with Crippen LogP contribution in [0.15, 0.2) is 58.4 Å². The molecule has 6 nitrogen and oxygen atoms in total. The number of carbonyl (C=O) groups excluding carboxylic acids is 1. The molecule has 2 aromatic heterocycles. The first kappa shape index (κ1) is 29.3. The molecule has 0 aliphatic carbocycles. The maximum absolute atomic E-state index is 13.5. The molecular formula is C30H34ClN3O3S2. The number of hydrogen-bond donors (Lipinski definition) is 0. The zero-order valence-electron chi connectivity index (χ0n) is 22.2. The van der Waals surface area contributed by atoms with Gasteiger partial charge in [0.2, 0.25) is 5.88 Å². The summed E-state index contributed by atoms with van der Waals surface area (Å²) in [5.41, 5.74) is 0.246. The van der Waals surface area contributed by atoms with E-state index in [4.69, 9.17) is 28.6 Å². The first-order valence-corrected chi connectivity index (χ1v) is 15.3. The highest BCUT2D eigenvalue weighted by Crippen LogP contribution is 2.35. The van der Waals surface area contributed by atoms with Crippen LogP contribution in [0.1, 0.15) is 76.7 Å². The molecule has 0 N–H and O–H groups in total. The third-order valence-corrected chi connectivity index (χ3v) is 8.35. The number of amides is 1. The zero-order valence-corrected chi connectivity index (χ0v) is 24.6. The fourth-order valence-corrected chi connectivity index (χ4v) is 5.96. The van der Waals surface area contributed by atoms with Crippen molar-refractivity contribution in [3.63, 3.8) is 0 Å². The zero-order chi connectivity index (χ0) is 27.6. The highest BCUT2D eigenvalue weighted by molar-refractivity contribution is 8.26. The van der Waals surface area contributed by atoms with E-state index in [9.17, 15) is 9.59 Å². The van der Waals surface area contributed by atoms with Crippen LogP contribution >= 0.6 is 35.6 Å². The minimum Gasteiger partial charge on any atom is -0.437 e. The number of fused-ring (bicyclic) bond motifs is 1. The molecule has 3 heterocycles. The molecule has 4 rings (SSSR count). The number of thiocarbonyl (C=S) groups is 1. The first-order valence-electron chi connectivity index (χ1n) is 13.7. The number of ether oxygens (including phenoxy) is 1. The van der Waals surface area contributed by atoms with Gasteiger partial charge in [-0.1, -0.05) is 118 Å². The van der Waals surface area contributed by atoms with Crippen LogP contribution in [0.2, 0.25) is 5.02 Å². The lowest BCUT2D eigenvalue weighted by Crippen LogP contribution is -2.29. The van der Waals surface area contributed by atoms with Crippen molar-refractivity contribution in [3.8, 4) is 11.6 Å². The molecule has 1 aliphatic rings.